The van der Waals surface area contributed by atoms with Gasteiger partial charge in [-0.25, -0.2) is 0 Å². The van der Waals surface area contributed by atoms with Crippen LogP contribution in [0.25, 0.3) is 0 Å². The molecule has 1 aromatic heterocycles. The lowest BCUT2D eigenvalue weighted by molar-refractivity contribution is 0.138. The van der Waals surface area contributed by atoms with Crippen LogP contribution in [0.2, 0.25) is 0 Å². The second-order valence-corrected chi connectivity index (χ2v) is 5.75. The number of fused-ring (bicyclic) bond motifs is 1. The highest BCUT2D eigenvalue weighted by Crippen LogP contribution is 2.35. The molecule has 106 valence electrons. The summed E-state index contributed by atoms with van der Waals surface area (Å²) in [5.74, 6) is 1.76. The number of nitrogens with zero attached hydrogens (tertiary/aromatic N) is 2. The maximum atomic E-state index is 5.88. The van der Waals surface area contributed by atoms with Crippen LogP contribution in [0.3, 0.4) is 0 Å². The highest BCUT2D eigenvalue weighted by atomic mass is 16.5. The lowest BCUT2D eigenvalue weighted by Gasteiger charge is -2.16. The van der Waals surface area contributed by atoms with Crippen molar-refractivity contribution in [2.75, 3.05) is 6.54 Å². The summed E-state index contributed by atoms with van der Waals surface area (Å²) in [4.78, 5) is 3.99. The maximum absolute atomic E-state index is 5.88. The molecule has 1 aromatic carbocycles. The van der Waals surface area contributed by atoms with Gasteiger partial charge in [-0.2, -0.15) is 4.98 Å². The van der Waals surface area contributed by atoms with Gasteiger partial charge in [-0.15, -0.1) is 0 Å². The molecule has 0 amide bonds. The molecule has 0 atom stereocenters. The normalized spacial score (nSPS) is 15.9. The Bertz CT molecular complexity index is 579. The van der Waals surface area contributed by atoms with Gasteiger partial charge >= 0.3 is 0 Å². The molecule has 0 spiro atoms. The van der Waals surface area contributed by atoms with Gasteiger partial charge in [0, 0.05) is 25.9 Å². The minimum atomic E-state index is -0.0764. The predicted molar refractivity (Wildman–Crippen MR) is 74.6 cm³/mol. The van der Waals surface area contributed by atoms with Crippen molar-refractivity contribution >= 4 is 0 Å². The Labute approximate surface area is 118 Å². The first-order valence-corrected chi connectivity index (χ1v) is 6.89. The number of ether oxygens (including phenoxy) is 1. The first-order valence-electron chi connectivity index (χ1n) is 6.89. The summed E-state index contributed by atoms with van der Waals surface area (Å²) in [7, 11) is 0. The van der Waals surface area contributed by atoms with Gasteiger partial charge in [0.1, 0.15) is 11.4 Å². The predicted octanol–water partition coefficient (Wildman–Crippen LogP) is 2.12. The van der Waals surface area contributed by atoms with Crippen LogP contribution in [0, 0.1) is 0 Å². The summed E-state index contributed by atoms with van der Waals surface area (Å²) >= 11 is 0. The monoisotopic (exact) mass is 273 g/mol. The van der Waals surface area contributed by atoms with Crippen molar-refractivity contribution in [1.29, 1.82) is 0 Å². The number of nitrogens with one attached hydrogen (secondary N) is 1. The number of hydrogen-bond donors (Lipinski definition) is 1. The van der Waals surface area contributed by atoms with E-state index in [1.807, 2.05) is 0 Å². The van der Waals surface area contributed by atoms with Crippen molar-refractivity contribution in [2.24, 2.45) is 0 Å². The van der Waals surface area contributed by atoms with Crippen LogP contribution in [-0.4, -0.2) is 22.3 Å². The zero-order valence-electron chi connectivity index (χ0n) is 11.8. The van der Waals surface area contributed by atoms with Gasteiger partial charge in [0.25, 0.3) is 0 Å². The van der Waals surface area contributed by atoms with Crippen molar-refractivity contribution < 1.29 is 9.26 Å². The molecule has 0 aliphatic carbocycles. The van der Waals surface area contributed by atoms with E-state index in [-0.39, 0.29) is 5.60 Å². The van der Waals surface area contributed by atoms with Crippen LogP contribution in [0.4, 0.5) is 0 Å². The van der Waals surface area contributed by atoms with E-state index in [1.54, 1.807) is 0 Å². The summed E-state index contributed by atoms with van der Waals surface area (Å²) in [6, 6.07) is 6.41. The average Bonchev–Trinajstić information content (AvgIpc) is 2.99. The van der Waals surface area contributed by atoms with Gasteiger partial charge < -0.3 is 14.6 Å². The van der Waals surface area contributed by atoms with E-state index in [0.717, 1.165) is 37.5 Å². The standard InChI is InChI=1S/C15H19N3O2/c1-15(2)8-12-7-11(3-4-13(12)20-15)9-16-6-5-14-17-10-19-18-14/h3-4,7,10,16H,5-6,8-9H2,1-2H3. The van der Waals surface area contributed by atoms with Gasteiger partial charge in [0.05, 0.1) is 0 Å². The molecule has 5 nitrogen and oxygen atoms in total. The number of rotatable bonds is 5. The molecule has 20 heavy (non-hydrogen) atoms. The molecule has 2 heterocycles. The first-order chi connectivity index (χ1) is 9.62. The Hall–Kier alpha value is -1.88. The lowest BCUT2D eigenvalue weighted by atomic mass is 10.0. The molecule has 5 heteroatoms. The van der Waals surface area contributed by atoms with Gasteiger partial charge in [-0.3, -0.25) is 0 Å². The van der Waals surface area contributed by atoms with Crippen LogP contribution >= 0.6 is 0 Å². The quantitative estimate of drug-likeness (QED) is 0.845. The summed E-state index contributed by atoms with van der Waals surface area (Å²) in [6.45, 7) is 5.91. The maximum Gasteiger partial charge on any atom is 0.213 e. The van der Waals surface area contributed by atoms with Crippen molar-refractivity contribution in [1.82, 2.24) is 15.5 Å². The molecule has 3 rings (SSSR count). The molecule has 1 aliphatic heterocycles. The third-order valence-electron chi connectivity index (χ3n) is 3.39. The van der Waals surface area contributed by atoms with Crippen LogP contribution in [-0.2, 0) is 19.4 Å². The molecule has 0 saturated heterocycles. The van der Waals surface area contributed by atoms with Crippen molar-refractivity contribution in [3.8, 4) is 5.75 Å². The fourth-order valence-corrected chi connectivity index (χ4v) is 2.51. The third-order valence-corrected chi connectivity index (χ3v) is 3.39. The summed E-state index contributed by atoms with van der Waals surface area (Å²) < 4.78 is 10.6. The molecule has 2 aromatic rings. The minimum absolute atomic E-state index is 0.0764. The van der Waals surface area contributed by atoms with Crippen LogP contribution in [0.1, 0.15) is 30.8 Å². The average molecular weight is 273 g/mol. The number of benzene rings is 1. The Kier molecular flexibility index (Phi) is 3.44. The molecule has 1 N–H and O–H groups in total. The smallest absolute Gasteiger partial charge is 0.213 e. The Morgan fingerprint density at radius 1 is 1.35 bits per heavy atom. The first kappa shape index (κ1) is 13.1. The van der Waals surface area contributed by atoms with E-state index >= 15 is 0 Å². The van der Waals surface area contributed by atoms with E-state index in [1.165, 1.54) is 17.5 Å². The highest BCUT2D eigenvalue weighted by Gasteiger charge is 2.29. The molecular weight excluding hydrogens is 254 g/mol. The van der Waals surface area contributed by atoms with Gasteiger partial charge in [0.15, 0.2) is 5.82 Å². The zero-order chi connectivity index (χ0) is 14.0. The Balaban J connectivity index is 1.52. The highest BCUT2D eigenvalue weighted by molar-refractivity contribution is 5.41. The van der Waals surface area contributed by atoms with Crippen molar-refractivity contribution in [3.05, 3.63) is 41.5 Å². The third kappa shape index (κ3) is 2.99. The van der Waals surface area contributed by atoms with Crippen LogP contribution < -0.4 is 10.1 Å². The number of hydrogen-bond acceptors (Lipinski definition) is 5. The Morgan fingerprint density at radius 2 is 2.25 bits per heavy atom. The van der Waals surface area contributed by atoms with E-state index in [4.69, 9.17) is 9.26 Å². The lowest BCUT2D eigenvalue weighted by Crippen LogP contribution is -2.24. The second-order valence-electron chi connectivity index (χ2n) is 5.75. The molecular formula is C15H19N3O2. The molecule has 0 fully saturated rings. The second kappa shape index (κ2) is 5.25. The van der Waals surface area contributed by atoms with Gasteiger partial charge in [0.2, 0.25) is 6.39 Å². The fourth-order valence-electron chi connectivity index (χ4n) is 2.51. The molecule has 0 saturated carbocycles. The van der Waals surface area contributed by atoms with Crippen LogP contribution in [0.15, 0.2) is 29.1 Å². The van der Waals surface area contributed by atoms with E-state index in [9.17, 15) is 0 Å². The number of aromatic nitrogens is 2. The topological polar surface area (TPSA) is 60.2 Å². The Morgan fingerprint density at radius 3 is 3.05 bits per heavy atom. The summed E-state index contributed by atoms with van der Waals surface area (Å²) in [5, 5.41) is 7.17. The zero-order valence-corrected chi connectivity index (χ0v) is 11.8. The SMILES string of the molecule is CC1(C)Cc2cc(CNCCc3ncon3)ccc2O1. The summed E-state index contributed by atoms with van der Waals surface area (Å²) in [5.41, 5.74) is 2.50. The van der Waals surface area contributed by atoms with E-state index in [0.29, 0.717) is 0 Å². The van der Waals surface area contributed by atoms with Gasteiger partial charge in [-0.1, -0.05) is 17.3 Å². The molecule has 1 aliphatic rings. The molecule has 0 unspecified atom stereocenters. The van der Waals surface area contributed by atoms with Crippen molar-refractivity contribution in [2.45, 2.75) is 38.8 Å². The summed E-state index contributed by atoms with van der Waals surface area (Å²) in [6.07, 6.45) is 3.11. The fraction of sp³-hybridized carbons (Fsp3) is 0.467. The minimum Gasteiger partial charge on any atom is -0.487 e. The van der Waals surface area contributed by atoms with Crippen LogP contribution in [0.5, 0.6) is 5.75 Å². The van der Waals surface area contributed by atoms with Gasteiger partial charge in [-0.05, 0) is 31.0 Å². The van der Waals surface area contributed by atoms with E-state index < -0.39 is 0 Å². The largest absolute Gasteiger partial charge is 0.487 e. The molecule has 0 bridgehead atoms. The molecule has 0 radical (unpaired) electrons. The van der Waals surface area contributed by atoms with E-state index in [2.05, 4.69) is 47.5 Å². The van der Waals surface area contributed by atoms with Crippen molar-refractivity contribution in [3.63, 3.8) is 0 Å².